The monoisotopic (exact) mass is 112 g/mol. The molecule has 40 valence electrons. The van der Waals surface area contributed by atoms with Crippen LogP contribution in [0.3, 0.4) is 0 Å². The van der Waals surface area contributed by atoms with Crippen LogP contribution in [0.4, 0.5) is 0 Å². The molecule has 0 nitrogen and oxygen atoms in total. The van der Waals surface area contributed by atoms with Crippen LogP contribution in [0.2, 0.25) is 0 Å². The summed E-state index contributed by atoms with van der Waals surface area (Å²) in [5, 5.41) is 0. The van der Waals surface area contributed by atoms with Crippen LogP contribution in [0.15, 0.2) is 24.3 Å². The summed E-state index contributed by atoms with van der Waals surface area (Å²) in [5.74, 6) is 0. The fourth-order valence-corrected chi connectivity index (χ4v) is 0.720. The smallest absolute Gasteiger partial charge is 0.0943 e. The second-order valence-electron chi connectivity index (χ2n) is 1.90. The molecule has 0 saturated carbocycles. The van der Waals surface area contributed by atoms with E-state index in [9.17, 15) is 0 Å². The Morgan fingerprint density at radius 1 is 1.22 bits per heavy atom. The Morgan fingerprint density at radius 3 is 2.33 bits per heavy atom. The third-order valence-corrected chi connectivity index (χ3v) is 1.28. The quantitative estimate of drug-likeness (QED) is 0.453. The molecule has 0 aromatic heterocycles. The number of hydrogen-bond acceptors (Lipinski definition) is 0. The van der Waals surface area contributed by atoms with Gasteiger partial charge in [0.2, 0.25) is 0 Å². The average Bonchev–Trinajstić information content (AvgIpc) is 1.89. The van der Waals surface area contributed by atoms with E-state index in [0.717, 1.165) is 11.0 Å². The van der Waals surface area contributed by atoms with Crippen LogP contribution < -0.4 is 5.46 Å². The third kappa shape index (κ3) is 1.38. The summed E-state index contributed by atoms with van der Waals surface area (Å²) in [6.45, 7) is 0. The number of benzene rings is 1. The largest absolute Gasteiger partial charge is 0.114 e. The van der Waals surface area contributed by atoms with E-state index in [-0.39, 0.29) is 0 Å². The van der Waals surface area contributed by atoms with Crippen molar-refractivity contribution in [2.75, 3.05) is 0 Å². The molecule has 0 heterocycles. The molecule has 1 aromatic carbocycles. The van der Waals surface area contributed by atoms with Crippen LogP contribution in [0.1, 0.15) is 5.56 Å². The van der Waals surface area contributed by atoms with Gasteiger partial charge in [-0.05, 0) is 0 Å². The van der Waals surface area contributed by atoms with Crippen molar-refractivity contribution in [1.29, 1.82) is 0 Å². The first-order chi connectivity index (χ1) is 4.34. The molecular formula is C7H6B2. The molecule has 0 saturated heterocycles. The maximum Gasteiger partial charge on any atom is 0.114 e. The molecule has 2 heteroatoms. The topological polar surface area (TPSA) is 0 Å². The van der Waals surface area contributed by atoms with Crippen LogP contribution in [-0.4, -0.2) is 15.7 Å². The third-order valence-electron chi connectivity index (χ3n) is 1.28. The summed E-state index contributed by atoms with van der Waals surface area (Å²) in [6.07, 6.45) is 0.521. The zero-order valence-electron chi connectivity index (χ0n) is 5.17. The van der Waals surface area contributed by atoms with E-state index in [0.29, 0.717) is 6.32 Å². The molecule has 0 N–H and O–H groups in total. The van der Waals surface area contributed by atoms with Gasteiger partial charge < -0.3 is 0 Å². The molecule has 0 aliphatic carbocycles. The molecule has 0 spiro atoms. The van der Waals surface area contributed by atoms with E-state index in [1.54, 1.807) is 0 Å². The highest BCUT2D eigenvalue weighted by Gasteiger charge is 1.88. The molecule has 0 aliphatic heterocycles. The van der Waals surface area contributed by atoms with Crippen molar-refractivity contribution in [1.82, 2.24) is 0 Å². The highest BCUT2D eigenvalue weighted by molar-refractivity contribution is 6.33. The maximum atomic E-state index is 5.55. The molecule has 4 radical (unpaired) electrons. The Hall–Kier alpha value is -0.650. The Balaban J connectivity index is 3.01. The summed E-state index contributed by atoms with van der Waals surface area (Å²) in [7, 11) is 10.9. The van der Waals surface area contributed by atoms with Crippen LogP contribution >= 0.6 is 0 Å². The van der Waals surface area contributed by atoms with E-state index >= 15 is 0 Å². The van der Waals surface area contributed by atoms with Gasteiger partial charge >= 0.3 is 0 Å². The van der Waals surface area contributed by atoms with Crippen LogP contribution in [0.25, 0.3) is 0 Å². The first-order valence-corrected chi connectivity index (χ1v) is 2.88. The van der Waals surface area contributed by atoms with Crippen LogP contribution in [-0.2, 0) is 6.32 Å². The lowest BCUT2D eigenvalue weighted by atomic mass is 9.84. The Bertz CT molecular complexity index is 196. The minimum atomic E-state index is 0.521. The summed E-state index contributed by atoms with van der Waals surface area (Å²) in [4.78, 5) is 0. The van der Waals surface area contributed by atoms with Crippen molar-refractivity contribution in [3.63, 3.8) is 0 Å². The van der Waals surface area contributed by atoms with E-state index in [4.69, 9.17) is 15.7 Å². The molecule has 0 fully saturated rings. The van der Waals surface area contributed by atoms with E-state index in [2.05, 4.69) is 0 Å². The minimum Gasteiger partial charge on any atom is -0.0943 e. The van der Waals surface area contributed by atoms with Gasteiger partial charge in [-0.3, -0.25) is 0 Å². The molecule has 9 heavy (non-hydrogen) atoms. The lowest BCUT2D eigenvalue weighted by Crippen LogP contribution is -2.08. The molecule has 1 aromatic rings. The van der Waals surface area contributed by atoms with Crippen molar-refractivity contribution < 1.29 is 0 Å². The SMILES string of the molecule is [B]Cc1ccccc1[B]. The van der Waals surface area contributed by atoms with Gasteiger partial charge in [0, 0.05) is 0 Å². The Labute approximate surface area is 58.1 Å². The minimum absolute atomic E-state index is 0.521. The van der Waals surface area contributed by atoms with Gasteiger partial charge in [-0.25, -0.2) is 0 Å². The van der Waals surface area contributed by atoms with Gasteiger partial charge in [-0.2, -0.15) is 0 Å². The van der Waals surface area contributed by atoms with Crippen molar-refractivity contribution >= 4 is 21.2 Å². The number of hydrogen-bond donors (Lipinski definition) is 0. The highest BCUT2D eigenvalue weighted by Crippen LogP contribution is 1.91. The van der Waals surface area contributed by atoms with E-state index in [1.165, 1.54) is 0 Å². The normalized spacial score (nSPS) is 9.33. The highest BCUT2D eigenvalue weighted by atomic mass is 13.9. The summed E-state index contributed by atoms with van der Waals surface area (Å²) < 4.78 is 0. The fourth-order valence-electron chi connectivity index (χ4n) is 0.720. The predicted molar refractivity (Wildman–Crippen MR) is 41.3 cm³/mol. The zero-order valence-corrected chi connectivity index (χ0v) is 5.17. The second kappa shape index (κ2) is 2.77. The summed E-state index contributed by atoms with van der Waals surface area (Å²) in [5.41, 5.74) is 1.79. The zero-order chi connectivity index (χ0) is 6.69. The lowest BCUT2D eigenvalue weighted by Gasteiger charge is -1.99. The molecule has 1 rings (SSSR count). The number of rotatable bonds is 1. The fraction of sp³-hybridized carbons (Fsp3) is 0.143. The van der Waals surface area contributed by atoms with Crippen LogP contribution in [0, 0.1) is 0 Å². The summed E-state index contributed by atoms with van der Waals surface area (Å²) in [6, 6.07) is 7.60. The van der Waals surface area contributed by atoms with E-state index in [1.807, 2.05) is 24.3 Å². The van der Waals surface area contributed by atoms with Gasteiger partial charge in [0.25, 0.3) is 0 Å². The van der Waals surface area contributed by atoms with Crippen molar-refractivity contribution in [2.24, 2.45) is 0 Å². The van der Waals surface area contributed by atoms with Gasteiger partial charge in [0.05, 0.1) is 7.85 Å². The molecular weight excluding hydrogens is 106 g/mol. The molecule has 0 bridgehead atoms. The lowest BCUT2D eigenvalue weighted by molar-refractivity contribution is 1.44. The van der Waals surface area contributed by atoms with Crippen molar-refractivity contribution in [3.05, 3.63) is 29.8 Å². The van der Waals surface area contributed by atoms with Gasteiger partial charge in [-0.1, -0.05) is 41.6 Å². The molecule has 0 atom stereocenters. The van der Waals surface area contributed by atoms with Crippen LogP contribution in [0.5, 0.6) is 0 Å². The molecule has 0 amide bonds. The Morgan fingerprint density at radius 2 is 1.89 bits per heavy atom. The van der Waals surface area contributed by atoms with E-state index < -0.39 is 0 Å². The summed E-state index contributed by atoms with van der Waals surface area (Å²) >= 11 is 0. The first kappa shape index (κ1) is 6.47. The first-order valence-electron chi connectivity index (χ1n) is 2.88. The second-order valence-corrected chi connectivity index (χ2v) is 1.90. The Kier molecular flexibility index (Phi) is 1.99. The molecule has 0 unspecified atom stereocenters. The van der Waals surface area contributed by atoms with Crippen molar-refractivity contribution in [2.45, 2.75) is 6.32 Å². The van der Waals surface area contributed by atoms with Gasteiger partial charge in [0.1, 0.15) is 7.85 Å². The molecule has 0 aliphatic rings. The standard InChI is InChI=1S/C7H6B2/c8-5-6-3-1-2-4-7(6)9/h1-4H,5H2. The predicted octanol–water partition coefficient (Wildman–Crippen LogP) is 0.149. The maximum absolute atomic E-state index is 5.55. The average molecular weight is 112 g/mol. The van der Waals surface area contributed by atoms with Gasteiger partial charge in [0.15, 0.2) is 0 Å². The van der Waals surface area contributed by atoms with Gasteiger partial charge in [-0.15, -0.1) is 0 Å². The van der Waals surface area contributed by atoms with Crippen molar-refractivity contribution in [3.8, 4) is 0 Å².